The molecule has 0 unspecified atom stereocenters. The van der Waals surface area contributed by atoms with Gasteiger partial charge in [-0.25, -0.2) is 0 Å². The molecule has 0 saturated carbocycles. The van der Waals surface area contributed by atoms with E-state index in [-0.39, 0.29) is 30.7 Å². The van der Waals surface area contributed by atoms with Crippen molar-refractivity contribution >= 4 is 29.4 Å². The van der Waals surface area contributed by atoms with E-state index in [0.29, 0.717) is 37.3 Å². The van der Waals surface area contributed by atoms with Crippen LogP contribution in [0.1, 0.15) is 49.3 Å². The summed E-state index contributed by atoms with van der Waals surface area (Å²) in [6, 6.07) is 16.6. The quantitative estimate of drug-likeness (QED) is 0.500. The second-order valence-electron chi connectivity index (χ2n) is 8.04. The van der Waals surface area contributed by atoms with Crippen molar-refractivity contribution in [2.75, 3.05) is 6.54 Å². The summed E-state index contributed by atoms with van der Waals surface area (Å²) in [5.74, 6) is -1.24. The van der Waals surface area contributed by atoms with Crippen molar-refractivity contribution in [1.82, 2.24) is 10.6 Å². The summed E-state index contributed by atoms with van der Waals surface area (Å²) in [6.45, 7) is 0.521. The van der Waals surface area contributed by atoms with Crippen LogP contribution in [0.25, 0.3) is 0 Å². The molecule has 1 aliphatic rings. The number of rotatable bonds is 5. The summed E-state index contributed by atoms with van der Waals surface area (Å²) in [4.78, 5) is 37.7. The third-order valence-electron chi connectivity index (χ3n) is 5.45. The lowest BCUT2D eigenvalue weighted by Gasteiger charge is -2.21. The number of ether oxygens (including phenoxy) is 1. The van der Waals surface area contributed by atoms with Crippen molar-refractivity contribution in [3.63, 3.8) is 0 Å². The first-order valence-corrected chi connectivity index (χ1v) is 11.6. The van der Waals surface area contributed by atoms with E-state index in [2.05, 4.69) is 10.6 Å². The molecule has 6 nitrogen and oxygen atoms in total. The van der Waals surface area contributed by atoms with Crippen LogP contribution in [0.2, 0.25) is 5.02 Å². The molecule has 2 amide bonds. The molecule has 0 bridgehead atoms. The van der Waals surface area contributed by atoms with Crippen LogP contribution in [-0.4, -0.2) is 24.3 Å². The third-order valence-corrected chi connectivity index (χ3v) is 5.70. The number of carbonyl (C=O) groups is 3. The van der Waals surface area contributed by atoms with Gasteiger partial charge in [0.15, 0.2) is 0 Å². The number of nitrogens with one attached hydrogen (secondary N) is 2. The molecule has 2 aromatic carbocycles. The summed E-state index contributed by atoms with van der Waals surface area (Å²) in [5.41, 5.74) is 1.75. The van der Waals surface area contributed by atoms with Crippen molar-refractivity contribution in [2.45, 2.75) is 44.8 Å². The van der Waals surface area contributed by atoms with E-state index in [1.165, 1.54) is 0 Å². The molecule has 2 atom stereocenters. The number of esters is 1. The first-order chi connectivity index (χ1) is 16.0. The van der Waals surface area contributed by atoms with Gasteiger partial charge in [0.1, 0.15) is 6.10 Å². The Balaban J connectivity index is 1.63. The predicted octanol–water partition coefficient (Wildman–Crippen LogP) is 4.49. The Kier molecular flexibility index (Phi) is 9.51. The highest BCUT2D eigenvalue weighted by molar-refractivity contribution is 6.30. The van der Waals surface area contributed by atoms with Crippen LogP contribution >= 0.6 is 11.6 Å². The van der Waals surface area contributed by atoms with E-state index in [9.17, 15) is 14.4 Å². The summed E-state index contributed by atoms with van der Waals surface area (Å²) in [6.07, 6.45) is 5.51. The van der Waals surface area contributed by atoms with Gasteiger partial charge in [0, 0.05) is 24.4 Å². The second-order valence-corrected chi connectivity index (χ2v) is 8.47. The monoisotopic (exact) mass is 468 g/mol. The number of carbonyl (C=O) groups excluding carboxylic acids is 3. The zero-order valence-electron chi connectivity index (χ0n) is 18.5. The molecule has 0 saturated heterocycles. The fourth-order valence-corrected chi connectivity index (χ4v) is 3.70. The summed E-state index contributed by atoms with van der Waals surface area (Å²) < 4.78 is 5.64. The summed E-state index contributed by atoms with van der Waals surface area (Å²) in [7, 11) is 0. The second kappa shape index (κ2) is 12.8. The Hall–Kier alpha value is -3.12. The molecule has 0 fully saturated rings. The molecular formula is C26H29ClN2O4. The Bertz CT molecular complexity index is 960. The number of hydrogen-bond acceptors (Lipinski definition) is 4. The van der Waals surface area contributed by atoms with Crippen LogP contribution in [0.5, 0.6) is 0 Å². The molecule has 2 aromatic rings. The molecule has 0 spiro atoms. The lowest BCUT2D eigenvalue weighted by atomic mass is 9.98. The van der Waals surface area contributed by atoms with Gasteiger partial charge in [-0.15, -0.1) is 0 Å². The number of amides is 2. The lowest BCUT2D eigenvalue weighted by molar-refractivity contribution is -0.150. The number of benzene rings is 2. The van der Waals surface area contributed by atoms with E-state index >= 15 is 0 Å². The highest BCUT2D eigenvalue weighted by Crippen LogP contribution is 2.20. The zero-order valence-corrected chi connectivity index (χ0v) is 19.2. The smallest absolute Gasteiger partial charge is 0.306 e. The highest BCUT2D eigenvalue weighted by Gasteiger charge is 2.24. The SMILES string of the molecule is O=C(C[C@@H]1C/C=C/CCCC(=O)O[C@H](c2ccccc2)CNC1=O)NCc1ccc(Cl)cc1. The van der Waals surface area contributed by atoms with Crippen LogP contribution in [-0.2, 0) is 25.7 Å². The third kappa shape index (κ3) is 8.39. The van der Waals surface area contributed by atoms with Crippen molar-refractivity contribution in [1.29, 1.82) is 0 Å². The molecule has 7 heteroatoms. The maximum atomic E-state index is 12.9. The summed E-state index contributed by atoms with van der Waals surface area (Å²) in [5, 5.41) is 6.38. The Morgan fingerprint density at radius 1 is 1.06 bits per heavy atom. The predicted molar refractivity (Wildman–Crippen MR) is 127 cm³/mol. The van der Waals surface area contributed by atoms with Gasteiger partial charge < -0.3 is 15.4 Å². The minimum absolute atomic E-state index is 0.0690. The van der Waals surface area contributed by atoms with Crippen molar-refractivity contribution in [3.05, 3.63) is 82.9 Å². The van der Waals surface area contributed by atoms with Crippen LogP contribution < -0.4 is 10.6 Å². The van der Waals surface area contributed by atoms with Gasteiger partial charge in [0.05, 0.1) is 12.5 Å². The van der Waals surface area contributed by atoms with Gasteiger partial charge in [-0.2, -0.15) is 0 Å². The van der Waals surface area contributed by atoms with Gasteiger partial charge in [0.2, 0.25) is 11.8 Å². The van der Waals surface area contributed by atoms with Crippen LogP contribution in [0.4, 0.5) is 0 Å². The summed E-state index contributed by atoms with van der Waals surface area (Å²) >= 11 is 5.90. The molecule has 0 radical (unpaired) electrons. The van der Waals surface area contributed by atoms with E-state index in [1.807, 2.05) is 54.6 Å². The average Bonchev–Trinajstić information content (AvgIpc) is 2.83. The first kappa shape index (κ1) is 24.5. The average molecular weight is 469 g/mol. The molecular weight excluding hydrogens is 440 g/mol. The van der Waals surface area contributed by atoms with Gasteiger partial charge in [-0.3, -0.25) is 14.4 Å². The number of hydrogen-bond donors (Lipinski definition) is 2. The number of cyclic esters (lactones) is 1. The zero-order chi connectivity index (χ0) is 23.5. The van der Waals surface area contributed by atoms with Crippen molar-refractivity contribution in [3.8, 4) is 0 Å². The minimum Gasteiger partial charge on any atom is -0.456 e. The molecule has 1 heterocycles. The van der Waals surface area contributed by atoms with E-state index in [1.54, 1.807) is 12.1 Å². The van der Waals surface area contributed by atoms with E-state index in [0.717, 1.165) is 11.1 Å². The topological polar surface area (TPSA) is 84.5 Å². The molecule has 0 aromatic heterocycles. The van der Waals surface area contributed by atoms with Gasteiger partial charge >= 0.3 is 5.97 Å². The van der Waals surface area contributed by atoms with Crippen molar-refractivity contribution < 1.29 is 19.1 Å². The van der Waals surface area contributed by atoms with E-state index < -0.39 is 12.0 Å². The minimum atomic E-state index is -0.573. The fraction of sp³-hybridized carbons (Fsp3) is 0.346. The largest absolute Gasteiger partial charge is 0.456 e. The Labute approximate surface area is 199 Å². The van der Waals surface area contributed by atoms with Crippen LogP contribution in [0, 0.1) is 5.92 Å². The van der Waals surface area contributed by atoms with Gasteiger partial charge in [0.25, 0.3) is 0 Å². The molecule has 3 rings (SSSR count). The Morgan fingerprint density at radius 2 is 1.82 bits per heavy atom. The molecule has 33 heavy (non-hydrogen) atoms. The molecule has 2 N–H and O–H groups in total. The van der Waals surface area contributed by atoms with Gasteiger partial charge in [-0.1, -0.05) is 66.2 Å². The number of allylic oxidation sites excluding steroid dienone is 2. The fourth-order valence-electron chi connectivity index (χ4n) is 3.57. The standard InChI is InChI=1S/C26H29ClN2O4/c27-22-14-12-19(13-15-22)17-28-24(30)16-21-10-4-1-2-7-11-25(31)33-23(18-29-26(21)32)20-8-5-3-6-9-20/h1,3-6,8-9,12-15,21,23H,2,7,10-11,16-18H2,(H,28,30)(H,29,32)/b4-1+/t21-,23-/m0/s1. The highest BCUT2D eigenvalue weighted by atomic mass is 35.5. The van der Waals surface area contributed by atoms with E-state index in [4.69, 9.17) is 16.3 Å². The van der Waals surface area contributed by atoms with Crippen LogP contribution in [0.15, 0.2) is 66.7 Å². The molecule has 174 valence electrons. The molecule has 1 aliphatic heterocycles. The lowest BCUT2D eigenvalue weighted by Crippen LogP contribution is -2.37. The maximum absolute atomic E-state index is 12.9. The molecule has 0 aliphatic carbocycles. The van der Waals surface area contributed by atoms with Crippen molar-refractivity contribution in [2.24, 2.45) is 5.92 Å². The normalized spacial score (nSPS) is 20.9. The Morgan fingerprint density at radius 3 is 2.58 bits per heavy atom. The van der Waals surface area contributed by atoms with Crippen LogP contribution in [0.3, 0.4) is 0 Å². The number of halogens is 1. The first-order valence-electron chi connectivity index (χ1n) is 11.2. The maximum Gasteiger partial charge on any atom is 0.306 e. The van der Waals surface area contributed by atoms with Gasteiger partial charge in [-0.05, 0) is 42.5 Å².